The number of anilines is 1. The van der Waals surface area contributed by atoms with Crippen LogP contribution in [0.15, 0.2) is 52.3 Å². The molecule has 1 aliphatic rings. The summed E-state index contributed by atoms with van der Waals surface area (Å²) in [6.45, 7) is -0.567. The van der Waals surface area contributed by atoms with Gasteiger partial charge < -0.3 is 10.1 Å². The van der Waals surface area contributed by atoms with Crippen LogP contribution in [0, 0.1) is 11.3 Å². The Hall–Kier alpha value is -2.98. The number of hydrogen-bond donors (Lipinski definition) is 2. The number of amides is 1. The summed E-state index contributed by atoms with van der Waals surface area (Å²) < 4.78 is 59.1. The number of benzene rings is 2. The smallest absolute Gasteiger partial charge is 0.244 e. The van der Waals surface area contributed by atoms with Crippen molar-refractivity contribution in [3.8, 4) is 11.8 Å². The Morgan fingerprint density at radius 2 is 1.88 bits per heavy atom. The van der Waals surface area contributed by atoms with E-state index in [1.54, 1.807) is 0 Å². The van der Waals surface area contributed by atoms with Gasteiger partial charge in [-0.25, -0.2) is 21.6 Å². The molecule has 3 rings (SSSR count). The lowest BCUT2D eigenvalue weighted by molar-refractivity contribution is -0.116. The second-order valence-corrected chi connectivity index (χ2v) is 10.9. The minimum Gasteiger partial charge on any atom is -0.495 e. The van der Waals surface area contributed by atoms with E-state index in [9.17, 15) is 21.6 Å². The molecule has 170 valence electrons. The summed E-state index contributed by atoms with van der Waals surface area (Å²) in [6, 6.07) is 11.4. The number of nitrogens with zero attached hydrogens (tertiary/aromatic N) is 2. The predicted molar refractivity (Wildman–Crippen MR) is 116 cm³/mol. The predicted octanol–water partition coefficient (Wildman–Crippen LogP) is 1.27. The highest BCUT2D eigenvalue weighted by Gasteiger charge is 2.29. The van der Waals surface area contributed by atoms with Crippen LogP contribution in [0.25, 0.3) is 0 Å². The van der Waals surface area contributed by atoms with Gasteiger partial charge in [-0.1, -0.05) is 12.1 Å². The standard InChI is InChI=1S/C20H22N4O6S2/c1-24(32(28,29)19-6-4-3-5-14(19)12-21)13-20(25)22-17-11-16(9-10-18(17)30-2)31(26,27)23-15-7-8-15/h3-6,9-11,15,23H,7-8,13H2,1-2H3,(H,22,25). The lowest BCUT2D eigenvalue weighted by Crippen LogP contribution is -2.35. The van der Waals surface area contributed by atoms with E-state index in [1.807, 2.05) is 6.07 Å². The minimum atomic E-state index is -4.11. The van der Waals surface area contributed by atoms with Crippen molar-refractivity contribution in [2.45, 2.75) is 28.7 Å². The molecule has 2 aromatic carbocycles. The third-order valence-corrected chi connectivity index (χ3v) is 8.10. The van der Waals surface area contributed by atoms with Crippen LogP contribution < -0.4 is 14.8 Å². The van der Waals surface area contributed by atoms with Crippen LogP contribution in [0.4, 0.5) is 5.69 Å². The first kappa shape index (κ1) is 23.7. The van der Waals surface area contributed by atoms with E-state index < -0.39 is 32.5 Å². The van der Waals surface area contributed by atoms with Gasteiger partial charge in [-0.15, -0.1) is 0 Å². The summed E-state index contributed by atoms with van der Waals surface area (Å²) in [5.74, 6) is -0.502. The molecule has 12 heteroatoms. The third kappa shape index (κ3) is 5.25. The van der Waals surface area contributed by atoms with E-state index >= 15 is 0 Å². The molecule has 0 heterocycles. The van der Waals surface area contributed by atoms with Gasteiger partial charge in [-0.2, -0.15) is 9.57 Å². The van der Waals surface area contributed by atoms with Gasteiger partial charge in [0.2, 0.25) is 26.0 Å². The fraction of sp³-hybridized carbons (Fsp3) is 0.300. The fourth-order valence-electron chi connectivity index (χ4n) is 2.87. The van der Waals surface area contributed by atoms with Gasteiger partial charge in [-0.3, -0.25) is 4.79 Å². The molecule has 0 aromatic heterocycles. The van der Waals surface area contributed by atoms with Crippen molar-refractivity contribution in [2.75, 3.05) is 26.0 Å². The first-order valence-electron chi connectivity index (χ1n) is 9.54. The summed E-state index contributed by atoms with van der Waals surface area (Å²) in [7, 11) is -5.31. The Balaban J connectivity index is 1.79. The molecule has 10 nitrogen and oxygen atoms in total. The topological polar surface area (TPSA) is 146 Å². The highest BCUT2D eigenvalue weighted by molar-refractivity contribution is 7.89. The van der Waals surface area contributed by atoms with Crippen LogP contribution in [0.5, 0.6) is 5.75 Å². The summed E-state index contributed by atoms with van der Waals surface area (Å²) in [5.41, 5.74) is 0.0434. The SMILES string of the molecule is COc1ccc(S(=O)(=O)NC2CC2)cc1NC(=O)CN(C)S(=O)(=O)c1ccccc1C#N. The summed E-state index contributed by atoms with van der Waals surface area (Å²) in [4.78, 5) is 12.3. The Morgan fingerprint density at radius 3 is 2.50 bits per heavy atom. The van der Waals surface area contributed by atoms with E-state index in [0.29, 0.717) is 0 Å². The number of likely N-dealkylation sites (N-methyl/N-ethyl adjacent to an activating group) is 1. The van der Waals surface area contributed by atoms with Gasteiger partial charge in [0.15, 0.2) is 0 Å². The van der Waals surface area contributed by atoms with E-state index in [4.69, 9.17) is 10.00 Å². The highest BCUT2D eigenvalue weighted by Crippen LogP contribution is 2.29. The highest BCUT2D eigenvalue weighted by atomic mass is 32.2. The van der Waals surface area contributed by atoms with Gasteiger partial charge in [0.1, 0.15) is 11.8 Å². The lowest BCUT2D eigenvalue weighted by Gasteiger charge is -2.18. The Kier molecular flexibility index (Phi) is 6.85. The Bertz CT molecular complexity index is 1280. The molecule has 0 spiro atoms. The summed E-state index contributed by atoms with van der Waals surface area (Å²) >= 11 is 0. The van der Waals surface area contributed by atoms with E-state index in [1.165, 1.54) is 56.6 Å². The van der Waals surface area contributed by atoms with Crippen molar-refractivity contribution in [3.63, 3.8) is 0 Å². The average Bonchev–Trinajstić information content (AvgIpc) is 3.56. The van der Waals surface area contributed by atoms with E-state index in [-0.39, 0.29) is 32.8 Å². The second-order valence-electron chi connectivity index (χ2n) is 7.17. The summed E-state index contributed by atoms with van der Waals surface area (Å²) in [5, 5.41) is 11.7. The Labute approximate surface area is 186 Å². The lowest BCUT2D eigenvalue weighted by atomic mass is 10.2. The largest absolute Gasteiger partial charge is 0.495 e. The molecule has 0 aliphatic heterocycles. The zero-order valence-electron chi connectivity index (χ0n) is 17.4. The van der Waals surface area contributed by atoms with Gasteiger partial charge in [0.05, 0.1) is 34.7 Å². The van der Waals surface area contributed by atoms with Crippen molar-refractivity contribution in [3.05, 3.63) is 48.0 Å². The maximum absolute atomic E-state index is 12.8. The van der Waals surface area contributed by atoms with Gasteiger partial charge in [0.25, 0.3) is 0 Å². The Morgan fingerprint density at radius 1 is 1.19 bits per heavy atom. The van der Waals surface area contributed by atoms with Crippen molar-refractivity contribution in [1.29, 1.82) is 5.26 Å². The number of methoxy groups -OCH3 is 1. The fourth-order valence-corrected chi connectivity index (χ4v) is 5.47. The first-order chi connectivity index (χ1) is 15.1. The maximum atomic E-state index is 12.8. The zero-order chi connectivity index (χ0) is 23.5. The average molecular weight is 479 g/mol. The molecule has 2 N–H and O–H groups in total. The van der Waals surface area contributed by atoms with Crippen molar-refractivity contribution < 1.29 is 26.4 Å². The number of carbonyl (C=O) groups is 1. The van der Waals surface area contributed by atoms with Crippen LogP contribution in [0.1, 0.15) is 18.4 Å². The first-order valence-corrected chi connectivity index (χ1v) is 12.5. The molecule has 1 saturated carbocycles. The molecule has 32 heavy (non-hydrogen) atoms. The maximum Gasteiger partial charge on any atom is 0.244 e. The molecule has 0 unspecified atom stereocenters. The van der Waals surface area contributed by atoms with E-state index in [2.05, 4.69) is 10.0 Å². The molecule has 2 aromatic rings. The van der Waals surface area contributed by atoms with Crippen LogP contribution in [0.3, 0.4) is 0 Å². The molecular weight excluding hydrogens is 456 g/mol. The number of nitriles is 1. The number of nitrogens with one attached hydrogen (secondary N) is 2. The minimum absolute atomic E-state index is 0.0394. The molecule has 1 aliphatic carbocycles. The van der Waals surface area contributed by atoms with Crippen LogP contribution in [0.2, 0.25) is 0 Å². The molecular formula is C20H22N4O6S2. The quantitative estimate of drug-likeness (QED) is 0.552. The molecule has 1 fully saturated rings. The van der Waals surface area contributed by atoms with Crippen LogP contribution in [-0.4, -0.2) is 53.8 Å². The molecule has 1 amide bonds. The van der Waals surface area contributed by atoms with Crippen LogP contribution in [-0.2, 0) is 24.8 Å². The van der Waals surface area contributed by atoms with E-state index in [0.717, 1.165) is 17.1 Å². The molecule has 0 bridgehead atoms. The number of ether oxygens (including phenoxy) is 1. The second kappa shape index (κ2) is 9.25. The monoisotopic (exact) mass is 478 g/mol. The number of sulfonamides is 2. The van der Waals surface area contributed by atoms with Crippen LogP contribution >= 0.6 is 0 Å². The molecule has 0 atom stereocenters. The normalized spacial score (nSPS) is 14.1. The van der Waals surface area contributed by atoms with Crippen molar-refractivity contribution >= 4 is 31.6 Å². The number of hydrogen-bond acceptors (Lipinski definition) is 7. The van der Waals surface area contributed by atoms with Crippen molar-refractivity contribution in [1.82, 2.24) is 9.03 Å². The van der Waals surface area contributed by atoms with Gasteiger partial charge >= 0.3 is 0 Å². The number of carbonyl (C=O) groups excluding carboxylic acids is 1. The molecule has 0 saturated heterocycles. The van der Waals surface area contributed by atoms with Gasteiger partial charge in [0, 0.05) is 13.1 Å². The number of rotatable bonds is 9. The summed E-state index contributed by atoms with van der Waals surface area (Å²) in [6.07, 6.45) is 1.55. The molecule has 0 radical (unpaired) electrons. The van der Waals surface area contributed by atoms with Gasteiger partial charge in [-0.05, 0) is 43.2 Å². The zero-order valence-corrected chi connectivity index (χ0v) is 19.0. The van der Waals surface area contributed by atoms with Crippen molar-refractivity contribution in [2.24, 2.45) is 0 Å². The third-order valence-electron chi connectivity index (χ3n) is 4.72.